The Bertz CT molecular complexity index is 536. The minimum Gasteiger partial charge on any atom is -0.334 e. The topological polar surface area (TPSA) is 55.9 Å². The second-order valence-electron chi connectivity index (χ2n) is 4.18. The fourth-order valence-electron chi connectivity index (χ4n) is 1.96. The molecule has 0 aliphatic carbocycles. The fourth-order valence-corrected chi connectivity index (χ4v) is 2.15. The van der Waals surface area contributed by atoms with Gasteiger partial charge in [-0.25, -0.2) is 10.4 Å². The number of nitrogens with zero attached hydrogens (tertiary/aromatic N) is 2. The van der Waals surface area contributed by atoms with Gasteiger partial charge in [-0.3, -0.25) is 5.84 Å². The van der Waals surface area contributed by atoms with E-state index in [9.17, 15) is 0 Å². The van der Waals surface area contributed by atoms with Gasteiger partial charge >= 0.3 is 0 Å². The van der Waals surface area contributed by atoms with Crippen molar-refractivity contribution in [2.24, 2.45) is 5.84 Å². The average molecular weight is 265 g/mol. The molecule has 0 bridgehead atoms. The molecular weight excluding hydrogens is 248 g/mol. The molecule has 1 aromatic heterocycles. The molecule has 1 unspecified atom stereocenters. The van der Waals surface area contributed by atoms with Crippen LogP contribution in [0.3, 0.4) is 0 Å². The minimum atomic E-state index is -0.155. The molecule has 0 saturated carbocycles. The van der Waals surface area contributed by atoms with Crippen LogP contribution in [-0.2, 0) is 6.54 Å². The number of nitrogens with one attached hydrogen (secondary N) is 1. The Kier molecular flexibility index (Phi) is 4.01. The van der Waals surface area contributed by atoms with Gasteiger partial charge in [0.2, 0.25) is 0 Å². The Hall–Kier alpha value is -1.36. The van der Waals surface area contributed by atoms with E-state index in [4.69, 9.17) is 17.4 Å². The van der Waals surface area contributed by atoms with Crippen LogP contribution in [0.1, 0.15) is 29.9 Å². The van der Waals surface area contributed by atoms with Gasteiger partial charge in [0, 0.05) is 24.0 Å². The molecule has 0 amide bonds. The van der Waals surface area contributed by atoms with Gasteiger partial charge < -0.3 is 4.57 Å². The molecule has 2 aromatic rings. The Morgan fingerprint density at radius 1 is 1.50 bits per heavy atom. The summed E-state index contributed by atoms with van der Waals surface area (Å²) in [5.41, 5.74) is 4.86. The second-order valence-corrected chi connectivity index (χ2v) is 4.59. The lowest BCUT2D eigenvalue weighted by Gasteiger charge is -2.18. The van der Waals surface area contributed by atoms with E-state index in [1.165, 1.54) is 0 Å². The summed E-state index contributed by atoms with van der Waals surface area (Å²) in [4.78, 5) is 4.36. The van der Waals surface area contributed by atoms with Crippen molar-refractivity contribution in [3.63, 3.8) is 0 Å². The Labute approximate surface area is 112 Å². The van der Waals surface area contributed by atoms with Crippen LogP contribution in [0.4, 0.5) is 0 Å². The Morgan fingerprint density at radius 2 is 2.28 bits per heavy atom. The van der Waals surface area contributed by atoms with Crippen molar-refractivity contribution in [1.82, 2.24) is 15.0 Å². The number of hydrogen-bond donors (Lipinski definition) is 2. The van der Waals surface area contributed by atoms with Crippen molar-refractivity contribution in [2.75, 3.05) is 0 Å². The standard InChI is InChI=1S/C13H17ClN4/c1-3-18-7-6-16-13(18)12(17-15)10-5-4-9(2)11(14)8-10/h4-8,12,17H,3,15H2,1-2H3. The number of halogens is 1. The molecule has 96 valence electrons. The largest absolute Gasteiger partial charge is 0.334 e. The summed E-state index contributed by atoms with van der Waals surface area (Å²) in [5, 5.41) is 0.738. The normalized spacial score (nSPS) is 12.7. The molecule has 3 N–H and O–H groups in total. The molecule has 1 atom stereocenters. The van der Waals surface area contributed by atoms with E-state index in [1.54, 1.807) is 6.20 Å². The van der Waals surface area contributed by atoms with Crippen molar-refractivity contribution in [1.29, 1.82) is 0 Å². The summed E-state index contributed by atoms with van der Waals surface area (Å²) in [6, 6.07) is 5.77. The highest BCUT2D eigenvalue weighted by Crippen LogP contribution is 2.24. The highest BCUT2D eigenvalue weighted by atomic mass is 35.5. The maximum Gasteiger partial charge on any atom is 0.131 e. The summed E-state index contributed by atoms with van der Waals surface area (Å²) in [5.74, 6) is 6.55. The van der Waals surface area contributed by atoms with Crippen LogP contribution >= 0.6 is 11.6 Å². The van der Waals surface area contributed by atoms with Crippen LogP contribution in [0, 0.1) is 6.92 Å². The summed E-state index contributed by atoms with van der Waals surface area (Å²) < 4.78 is 2.05. The minimum absolute atomic E-state index is 0.155. The van der Waals surface area contributed by atoms with Gasteiger partial charge in [0.15, 0.2) is 0 Å². The third-order valence-electron chi connectivity index (χ3n) is 3.04. The first-order valence-corrected chi connectivity index (χ1v) is 6.28. The quantitative estimate of drug-likeness (QED) is 0.659. The molecule has 0 radical (unpaired) electrons. The third-order valence-corrected chi connectivity index (χ3v) is 3.45. The number of nitrogens with two attached hydrogens (primary N) is 1. The molecule has 2 rings (SSSR count). The monoisotopic (exact) mass is 264 g/mol. The van der Waals surface area contributed by atoms with Gasteiger partial charge in [-0.1, -0.05) is 23.7 Å². The number of imidazole rings is 1. The lowest BCUT2D eigenvalue weighted by Crippen LogP contribution is -2.31. The molecule has 1 heterocycles. The third kappa shape index (κ3) is 2.41. The van der Waals surface area contributed by atoms with Crippen LogP contribution in [0.25, 0.3) is 0 Å². The average Bonchev–Trinajstić information content (AvgIpc) is 2.83. The van der Waals surface area contributed by atoms with E-state index < -0.39 is 0 Å². The fraction of sp³-hybridized carbons (Fsp3) is 0.308. The van der Waals surface area contributed by atoms with Crippen LogP contribution in [0.2, 0.25) is 5.02 Å². The van der Waals surface area contributed by atoms with Crippen LogP contribution in [0.15, 0.2) is 30.6 Å². The Balaban J connectivity index is 2.42. The van der Waals surface area contributed by atoms with Gasteiger partial charge in [-0.2, -0.15) is 0 Å². The van der Waals surface area contributed by atoms with Gasteiger partial charge in [0.05, 0.1) is 0 Å². The maximum atomic E-state index is 6.15. The van der Waals surface area contributed by atoms with Crippen LogP contribution in [-0.4, -0.2) is 9.55 Å². The van der Waals surface area contributed by atoms with E-state index in [2.05, 4.69) is 21.9 Å². The molecule has 0 saturated heterocycles. The number of aromatic nitrogens is 2. The second kappa shape index (κ2) is 5.52. The zero-order chi connectivity index (χ0) is 13.1. The highest BCUT2D eigenvalue weighted by Gasteiger charge is 2.17. The molecule has 0 fully saturated rings. The first-order chi connectivity index (χ1) is 8.67. The lowest BCUT2D eigenvalue weighted by molar-refractivity contribution is 0.561. The van der Waals surface area contributed by atoms with Crippen LogP contribution in [0.5, 0.6) is 0 Å². The molecule has 0 aliphatic rings. The summed E-state index contributed by atoms with van der Waals surface area (Å²) in [7, 11) is 0. The zero-order valence-electron chi connectivity index (χ0n) is 10.5. The van der Waals surface area contributed by atoms with Crippen molar-refractivity contribution in [2.45, 2.75) is 26.4 Å². The Morgan fingerprint density at radius 3 is 2.89 bits per heavy atom. The zero-order valence-corrected chi connectivity index (χ0v) is 11.3. The van der Waals surface area contributed by atoms with Crippen LogP contribution < -0.4 is 11.3 Å². The first-order valence-electron chi connectivity index (χ1n) is 5.90. The van der Waals surface area contributed by atoms with Gasteiger partial charge in [-0.15, -0.1) is 0 Å². The summed E-state index contributed by atoms with van der Waals surface area (Å²) >= 11 is 6.15. The number of hydrogen-bond acceptors (Lipinski definition) is 3. The number of rotatable bonds is 4. The number of aryl methyl sites for hydroxylation is 2. The van der Waals surface area contributed by atoms with Gasteiger partial charge in [0.1, 0.15) is 11.9 Å². The predicted octanol–water partition coefficient (Wildman–Crippen LogP) is 2.42. The van der Waals surface area contributed by atoms with Crippen molar-refractivity contribution in [3.8, 4) is 0 Å². The predicted molar refractivity (Wildman–Crippen MR) is 73.3 cm³/mol. The van der Waals surface area contributed by atoms with E-state index in [-0.39, 0.29) is 6.04 Å². The smallest absolute Gasteiger partial charge is 0.131 e. The van der Waals surface area contributed by atoms with Crippen molar-refractivity contribution < 1.29 is 0 Å². The molecule has 0 aliphatic heterocycles. The number of benzene rings is 1. The maximum absolute atomic E-state index is 6.15. The molecule has 4 nitrogen and oxygen atoms in total. The van der Waals surface area contributed by atoms with Gasteiger partial charge in [0.25, 0.3) is 0 Å². The van der Waals surface area contributed by atoms with Crippen molar-refractivity contribution in [3.05, 3.63) is 52.6 Å². The molecular formula is C13H17ClN4. The molecule has 18 heavy (non-hydrogen) atoms. The number of hydrazine groups is 1. The van der Waals surface area contributed by atoms with E-state index in [0.29, 0.717) is 0 Å². The summed E-state index contributed by atoms with van der Waals surface area (Å²) in [6.45, 7) is 4.90. The molecule has 1 aromatic carbocycles. The van der Waals surface area contributed by atoms with Crippen molar-refractivity contribution >= 4 is 11.6 Å². The highest BCUT2D eigenvalue weighted by molar-refractivity contribution is 6.31. The molecule has 0 spiro atoms. The summed E-state index contributed by atoms with van der Waals surface area (Å²) in [6.07, 6.45) is 3.72. The lowest BCUT2D eigenvalue weighted by atomic mass is 10.0. The first kappa shape index (κ1) is 13.1. The molecule has 5 heteroatoms. The van der Waals surface area contributed by atoms with Gasteiger partial charge in [-0.05, 0) is 31.0 Å². The van der Waals surface area contributed by atoms with E-state index in [0.717, 1.165) is 28.5 Å². The SMILES string of the molecule is CCn1ccnc1C(NN)c1ccc(C)c(Cl)c1. The van der Waals surface area contributed by atoms with E-state index in [1.807, 2.05) is 31.3 Å². The van der Waals surface area contributed by atoms with E-state index >= 15 is 0 Å².